The summed E-state index contributed by atoms with van der Waals surface area (Å²) >= 11 is 0. The molecule has 2 heterocycles. The highest BCUT2D eigenvalue weighted by molar-refractivity contribution is 5.90. The lowest BCUT2D eigenvalue weighted by Gasteiger charge is -2.20. The third-order valence-corrected chi connectivity index (χ3v) is 4.25. The van der Waals surface area contributed by atoms with Gasteiger partial charge in [-0.1, -0.05) is 36.4 Å². The zero-order valence-corrected chi connectivity index (χ0v) is 18.5. The van der Waals surface area contributed by atoms with E-state index in [9.17, 15) is 9.59 Å². The number of benzene rings is 2. The van der Waals surface area contributed by atoms with Crippen molar-refractivity contribution in [2.24, 2.45) is 0 Å². The van der Waals surface area contributed by atoms with Crippen molar-refractivity contribution >= 4 is 29.2 Å². The maximum absolute atomic E-state index is 11.7. The molecule has 4 aromatic rings. The average Bonchev–Trinajstić information content (AvgIpc) is 3.20. The van der Waals surface area contributed by atoms with Crippen molar-refractivity contribution in [3.05, 3.63) is 78.9 Å². The van der Waals surface area contributed by atoms with E-state index in [-0.39, 0.29) is 5.69 Å². The number of hydrogen-bond acceptors (Lipinski definition) is 6. The number of aromatic nitrogens is 3. The van der Waals surface area contributed by atoms with Crippen molar-refractivity contribution in [3.8, 4) is 11.1 Å². The van der Waals surface area contributed by atoms with Crippen LogP contribution in [0.1, 0.15) is 31.3 Å². The number of carbonyl (C=O) groups excluding carboxylic acids is 1. The number of carboxylic acids is 1. The number of aromatic carboxylic acids is 1. The molecule has 0 unspecified atom stereocenters. The maximum Gasteiger partial charge on any atom is 0.412 e. The Balaban J connectivity index is 0.000000215. The molecule has 4 N–H and O–H groups in total. The Bertz CT molecular complexity index is 1230. The Labute approximate surface area is 190 Å². The average molecular weight is 447 g/mol. The number of ether oxygens (including phenoxy) is 1. The molecule has 0 aliphatic heterocycles. The molecule has 9 heteroatoms. The SMILES string of the molecule is CC(C)(C)OC(=O)Nc1ccc(-c2ccccc2)cc1N.O=C(O)c1cn2cccnc2n1. The van der Waals surface area contributed by atoms with Crippen LogP contribution in [0.2, 0.25) is 0 Å². The minimum atomic E-state index is -1.04. The summed E-state index contributed by atoms with van der Waals surface area (Å²) in [6.07, 6.45) is 4.17. The van der Waals surface area contributed by atoms with Crippen LogP contribution in [0.15, 0.2) is 73.2 Å². The molecular weight excluding hydrogens is 422 g/mol. The second-order valence-electron chi connectivity index (χ2n) is 8.05. The zero-order chi connectivity index (χ0) is 24.0. The molecule has 0 spiro atoms. The molecule has 0 atom stereocenters. The molecule has 2 aromatic carbocycles. The highest BCUT2D eigenvalue weighted by Crippen LogP contribution is 2.27. The van der Waals surface area contributed by atoms with E-state index in [1.54, 1.807) is 28.9 Å². The lowest BCUT2D eigenvalue weighted by Crippen LogP contribution is -2.27. The van der Waals surface area contributed by atoms with E-state index in [1.807, 2.05) is 63.2 Å². The van der Waals surface area contributed by atoms with E-state index in [0.29, 0.717) is 17.2 Å². The second-order valence-corrected chi connectivity index (χ2v) is 8.05. The lowest BCUT2D eigenvalue weighted by atomic mass is 10.0. The fraction of sp³-hybridized carbons (Fsp3) is 0.167. The number of carboxylic acid groups (broad SMARTS) is 1. The van der Waals surface area contributed by atoms with Crippen LogP contribution in [0.3, 0.4) is 0 Å². The van der Waals surface area contributed by atoms with Gasteiger partial charge in [-0.3, -0.25) is 9.72 Å². The van der Waals surface area contributed by atoms with Crippen LogP contribution < -0.4 is 11.1 Å². The molecule has 1 amide bonds. The molecule has 0 fully saturated rings. The number of nitrogens with one attached hydrogen (secondary N) is 1. The van der Waals surface area contributed by atoms with Crippen molar-refractivity contribution in [1.29, 1.82) is 0 Å². The van der Waals surface area contributed by atoms with Gasteiger partial charge in [0.15, 0.2) is 5.69 Å². The van der Waals surface area contributed by atoms with Gasteiger partial charge < -0.3 is 15.6 Å². The number of imidazole rings is 1. The molecule has 0 radical (unpaired) electrons. The number of nitrogens with zero attached hydrogens (tertiary/aromatic N) is 3. The van der Waals surface area contributed by atoms with Crippen molar-refractivity contribution in [2.45, 2.75) is 26.4 Å². The summed E-state index contributed by atoms with van der Waals surface area (Å²) in [6, 6.07) is 17.2. The molecule has 0 saturated carbocycles. The minimum absolute atomic E-state index is 0.00806. The Kier molecular flexibility index (Phi) is 6.92. The van der Waals surface area contributed by atoms with Crippen LogP contribution in [0.25, 0.3) is 16.9 Å². The predicted molar refractivity (Wildman–Crippen MR) is 126 cm³/mol. The van der Waals surface area contributed by atoms with Crippen LogP contribution in [0.5, 0.6) is 0 Å². The standard InChI is InChI=1S/C17H20N2O2.C7H5N3O2/c1-17(2,3)21-16(20)19-15-10-9-13(11-14(15)18)12-7-5-4-6-8-12;11-6(12)5-4-10-3-1-2-8-7(10)9-5/h4-11H,18H2,1-3H3,(H,19,20);1-4H,(H,11,12). The first-order valence-electron chi connectivity index (χ1n) is 10.1. The Hall–Kier alpha value is -4.40. The first kappa shape index (κ1) is 23.3. The largest absolute Gasteiger partial charge is 0.476 e. The summed E-state index contributed by atoms with van der Waals surface area (Å²) in [7, 11) is 0. The summed E-state index contributed by atoms with van der Waals surface area (Å²) in [4.78, 5) is 29.9. The molecule has 170 valence electrons. The number of fused-ring (bicyclic) bond motifs is 1. The van der Waals surface area contributed by atoms with Gasteiger partial charge in [-0.25, -0.2) is 19.6 Å². The van der Waals surface area contributed by atoms with Crippen LogP contribution in [0, 0.1) is 0 Å². The quantitative estimate of drug-likeness (QED) is 0.387. The van der Waals surface area contributed by atoms with E-state index in [2.05, 4.69) is 15.3 Å². The first-order chi connectivity index (χ1) is 15.6. The molecule has 0 bridgehead atoms. The van der Waals surface area contributed by atoms with Gasteiger partial charge >= 0.3 is 12.1 Å². The minimum Gasteiger partial charge on any atom is -0.476 e. The summed E-state index contributed by atoms with van der Waals surface area (Å²) in [5.41, 5.74) is 8.60. The van der Waals surface area contributed by atoms with Crippen LogP contribution in [-0.2, 0) is 4.74 Å². The third kappa shape index (κ3) is 6.54. The van der Waals surface area contributed by atoms with Gasteiger partial charge in [0.25, 0.3) is 0 Å². The summed E-state index contributed by atoms with van der Waals surface area (Å²) in [5.74, 6) is -0.643. The van der Waals surface area contributed by atoms with E-state index >= 15 is 0 Å². The van der Waals surface area contributed by atoms with Crippen molar-refractivity contribution in [3.63, 3.8) is 0 Å². The first-order valence-corrected chi connectivity index (χ1v) is 10.1. The number of hydrogen-bond donors (Lipinski definition) is 3. The smallest absolute Gasteiger partial charge is 0.412 e. The highest BCUT2D eigenvalue weighted by atomic mass is 16.6. The number of carbonyl (C=O) groups is 2. The molecule has 0 aliphatic carbocycles. The van der Waals surface area contributed by atoms with Gasteiger partial charge in [-0.05, 0) is 50.1 Å². The fourth-order valence-electron chi connectivity index (χ4n) is 2.83. The molecule has 4 rings (SSSR count). The molecule has 2 aromatic heterocycles. The van der Waals surface area contributed by atoms with Crippen molar-refractivity contribution < 1.29 is 19.4 Å². The van der Waals surface area contributed by atoms with E-state index in [4.69, 9.17) is 15.6 Å². The highest BCUT2D eigenvalue weighted by Gasteiger charge is 2.17. The molecular formula is C24H25N5O4. The molecule has 0 aliphatic rings. The third-order valence-electron chi connectivity index (χ3n) is 4.25. The van der Waals surface area contributed by atoms with Gasteiger partial charge in [0.2, 0.25) is 5.78 Å². The number of nitrogen functional groups attached to an aromatic ring is 1. The van der Waals surface area contributed by atoms with E-state index in [0.717, 1.165) is 11.1 Å². The molecule has 9 nitrogen and oxygen atoms in total. The van der Waals surface area contributed by atoms with Gasteiger partial charge in [0.05, 0.1) is 11.4 Å². The van der Waals surface area contributed by atoms with Crippen LogP contribution in [-0.4, -0.2) is 37.1 Å². The topological polar surface area (TPSA) is 132 Å². The Morgan fingerprint density at radius 3 is 2.39 bits per heavy atom. The molecule has 0 saturated heterocycles. The van der Waals surface area contributed by atoms with Crippen molar-refractivity contribution in [1.82, 2.24) is 14.4 Å². The zero-order valence-electron chi connectivity index (χ0n) is 18.5. The second kappa shape index (κ2) is 9.82. The number of amides is 1. The number of anilines is 2. The maximum atomic E-state index is 11.7. The van der Waals surface area contributed by atoms with E-state index < -0.39 is 17.7 Å². The van der Waals surface area contributed by atoms with Crippen molar-refractivity contribution in [2.75, 3.05) is 11.1 Å². The summed E-state index contributed by atoms with van der Waals surface area (Å²) in [5, 5.41) is 11.2. The van der Waals surface area contributed by atoms with E-state index in [1.165, 1.54) is 6.20 Å². The Morgan fingerprint density at radius 1 is 1.06 bits per heavy atom. The Morgan fingerprint density at radius 2 is 1.79 bits per heavy atom. The van der Waals surface area contributed by atoms with Gasteiger partial charge in [-0.2, -0.15) is 0 Å². The summed E-state index contributed by atoms with van der Waals surface area (Å²) < 4.78 is 6.76. The number of rotatable bonds is 3. The van der Waals surface area contributed by atoms with Gasteiger partial charge in [0, 0.05) is 18.6 Å². The predicted octanol–water partition coefficient (Wildman–Crippen LogP) is 4.71. The fourth-order valence-corrected chi connectivity index (χ4v) is 2.83. The monoisotopic (exact) mass is 447 g/mol. The van der Waals surface area contributed by atoms with Crippen LogP contribution in [0.4, 0.5) is 16.2 Å². The van der Waals surface area contributed by atoms with Gasteiger partial charge in [-0.15, -0.1) is 0 Å². The molecule has 33 heavy (non-hydrogen) atoms. The lowest BCUT2D eigenvalue weighted by molar-refractivity contribution is 0.0634. The van der Waals surface area contributed by atoms with Gasteiger partial charge in [0.1, 0.15) is 5.60 Å². The summed E-state index contributed by atoms with van der Waals surface area (Å²) in [6.45, 7) is 5.44. The number of nitrogens with two attached hydrogens (primary N) is 1. The normalized spacial score (nSPS) is 10.8. The van der Waals surface area contributed by atoms with Crippen LogP contribution >= 0.6 is 0 Å².